The molecule has 0 spiro atoms. The Labute approximate surface area is 139 Å². The van der Waals surface area contributed by atoms with Gasteiger partial charge in [-0.25, -0.2) is 27.4 Å². The van der Waals surface area contributed by atoms with E-state index in [0.717, 1.165) is 0 Å². The Morgan fingerprint density at radius 3 is 2.92 bits per heavy atom. The minimum absolute atomic E-state index is 0.0796. The monoisotopic (exact) mass is 362 g/mol. The fourth-order valence-electron chi connectivity index (χ4n) is 2.17. The average molecular weight is 362 g/mol. The van der Waals surface area contributed by atoms with Crippen LogP contribution in [0.2, 0.25) is 0 Å². The predicted molar refractivity (Wildman–Crippen MR) is 83.1 cm³/mol. The Kier molecular flexibility index (Phi) is 3.30. The van der Waals surface area contributed by atoms with Crippen LogP contribution in [-0.4, -0.2) is 40.2 Å². The lowest BCUT2D eigenvalue weighted by Crippen LogP contribution is -2.17. The van der Waals surface area contributed by atoms with Gasteiger partial charge in [-0.1, -0.05) is 5.16 Å². The minimum Gasteiger partial charge on any atom is -0.451 e. The molecular formula is C13H10N6O5S. The molecule has 0 aliphatic rings. The molecule has 0 atom stereocenters. The van der Waals surface area contributed by atoms with E-state index in [1.54, 1.807) is 12.1 Å². The van der Waals surface area contributed by atoms with Crippen molar-refractivity contribution in [2.75, 3.05) is 7.05 Å². The number of pyridine rings is 1. The van der Waals surface area contributed by atoms with E-state index in [1.807, 2.05) is 0 Å². The summed E-state index contributed by atoms with van der Waals surface area (Å²) >= 11 is 0. The van der Waals surface area contributed by atoms with Gasteiger partial charge in [-0.15, -0.1) is 0 Å². The summed E-state index contributed by atoms with van der Waals surface area (Å²) in [6.07, 6.45) is 2.72. The van der Waals surface area contributed by atoms with E-state index in [9.17, 15) is 13.2 Å². The molecule has 25 heavy (non-hydrogen) atoms. The lowest BCUT2D eigenvalue weighted by Gasteiger charge is -1.94. The van der Waals surface area contributed by atoms with Gasteiger partial charge in [0.15, 0.2) is 5.65 Å². The highest BCUT2D eigenvalue weighted by Crippen LogP contribution is 2.25. The van der Waals surface area contributed by atoms with E-state index < -0.39 is 15.7 Å². The zero-order valence-electron chi connectivity index (χ0n) is 12.6. The maximum absolute atomic E-state index is 11.7. The number of hydrogen-bond donors (Lipinski definition) is 2. The minimum atomic E-state index is -3.71. The number of sulfonamides is 1. The lowest BCUT2D eigenvalue weighted by atomic mass is 10.2. The van der Waals surface area contributed by atoms with Gasteiger partial charge in [0.1, 0.15) is 6.26 Å². The first-order valence-electron chi connectivity index (χ1n) is 6.91. The molecule has 0 amide bonds. The molecule has 0 aromatic carbocycles. The second kappa shape index (κ2) is 5.39. The summed E-state index contributed by atoms with van der Waals surface area (Å²) in [4.78, 5) is 15.8. The number of hydrogen-bond acceptors (Lipinski definition) is 8. The van der Waals surface area contributed by atoms with Gasteiger partial charge in [0, 0.05) is 17.8 Å². The van der Waals surface area contributed by atoms with E-state index in [2.05, 4.69) is 25.1 Å². The standard InChI is InChI=1S/C13H10N6O5S/c1-14-25(21,22)10-4-8(6-23-10)12-15-11(18-24-12)7-2-3-9-16-17-13(20)19(9)5-7/h2-6,14H,1H3,(H,17,20). The van der Waals surface area contributed by atoms with Gasteiger partial charge < -0.3 is 8.94 Å². The summed E-state index contributed by atoms with van der Waals surface area (Å²) in [7, 11) is -2.43. The van der Waals surface area contributed by atoms with Crippen LogP contribution in [0.3, 0.4) is 0 Å². The first-order valence-corrected chi connectivity index (χ1v) is 8.39. The van der Waals surface area contributed by atoms with Crippen molar-refractivity contribution in [1.29, 1.82) is 0 Å². The third-order valence-electron chi connectivity index (χ3n) is 3.45. The highest BCUT2D eigenvalue weighted by atomic mass is 32.2. The second-order valence-electron chi connectivity index (χ2n) is 4.96. The van der Waals surface area contributed by atoms with Gasteiger partial charge in [-0.3, -0.25) is 0 Å². The molecule has 12 heteroatoms. The predicted octanol–water partition coefficient (Wildman–Crippen LogP) is 0.241. The van der Waals surface area contributed by atoms with Crippen LogP contribution in [0, 0.1) is 0 Å². The third-order valence-corrected chi connectivity index (χ3v) is 4.73. The number of aromatic nitrogens is 5. The van der Waals surface area contributed by atoms with Crippen molar-refractivity contribution in [1.82, 2.24) is 29.5 Å². The van der Waals surface area contributed by atoms with Crippen molar-refractivity contribution in [2.24, 2.45) is 0 Å². The van der Waals surface area contributed by atoms with Crippen LogP contribution >= 0.6 is 0 Å². The summed E-state index contributed by atoms with van der Waals surface area (Å²) in [5.41, 5.74) is 0.901. The van der Waals surface area contributed by atoms with Crippen molar-refractivity contribution >= 4 is 15.7 Å². The van der Waals surface area contributed by atoms with Crippen LogP contribution in [0.25, 0.3) is 28.5 Å². The molecule has 0 bridgehead atoms. The normalized spacial score (nSPS) is 12.0. The molecule has 0 aliphatic heterocycles. The summed E-state index contributed by atoms with van der Waals surface area (Å²) < 4.78 is 37.0. The van der Waals surface area contributed by atoms with Crippen molar-refractivity contribution < 1.29 is 17.4 Å². The van der Waals surface area contributed by atoms with E-state index in [0.29, 0.717) is 16.8 Å². The van der Waals surface area contributed by atoms with Crippen LogP contribution in [0.15, 0.2) is 49.5 Å². The Bertz CT molecular complexity index is 1230. The van der Waals surface area contributed by atoms with E-state index >= 15 is 0 Å². The van der Waals surface area contributed by atoms with Gasteiger partial charge in [-0.05, 0) is 19.2 Å². The molecule has 0 unspecified atom stereocenters. The Balaban J connectivity index is 1.72. The lowest BCUT2D eigenvalue weighted by molar-refractivity contribution is 0.429. The number of fused-ring (bicyclic) bond motifs is 1. The number of aromatic amines is 1. The first kappa shape index (κ1) is 15.3. The molecule has 0 aliphatic carbocycles. The van der Waals surface area contributed by atoms with Crippen LogP contribution in [0.5, 0.6) is 0 Å². The highest BCUT2D eigenvalue weighted by molar-refractivity contribution is 7.89. The summed E-state index contributed by atoms with van der Waals surface area (Å²) in [5, 5.41) is 9.72. The average Bonchev–Trinajstić information content (AvgIpc) is 3.34. The largest absolute Gasteiger partial charge is 0.451 e. The second-order valence-corrected chi connectivity index (χ2v) is 6.78. The molecule has 11 nitrogen and oxygen atoms in total. The topological polar surface area (TPSA) is 148 Å². The van der Waals surface area contributed by atoms with Gasteiger partial charge in [-0.2, -0.15) is 10.1 Å². The molecular weight excluding hydrogens is 352 g/mol. The highest BCUT2D eigenvalue weighted by Gasteiger charge is 2.20. The molecule has 4 aromatic rings. The fraction of sp³-hybridized carbons (Fsp3) is 0.0769. The number of furan rings is 1. The van der Waals surface area contributed by atoms with Crippen molar-refractivity contribution in [3.63, 3.8) is 0 Å². The summed E-state index contributed by atoms with van der Waals surface area (Å²) in [5.74, 6) is 0.306. The van der Waals surface area contributed by atoms with E-state index in [1.165, 1.54) is 30.0 Å². The zero-order valence-corrected chi connectivity index (χ0v) is 13.4. The molecule has 0 fully saturated rings. The SMILES string of the molecule is CNS(=O)(=O)c1cc(-c2nc(-c3ccc4n[nH]c(=O)n4c3)no2)co1. The number of H-pyrrole nitrogens is 1. The molecule has 4 rings (SSSR count). The summed E-state index contributed by atoms with van der Waals surface area (Å²) in [6, 6.07) is 4.57. The van der Waals surface area contributed by atoms with Crippen LogP contribution < -0.4 is 10.4 Å². The Morgan fingerprint density at radius 1 is 1.28 bits per heavy atom. The van der Waals surface area contributed by atoms with E-state index in [-0.39, 0.29) is 16.8 Å². The maximum atomic E-state index is 11.7. The molecule has 0 saturated heterocycles. The quantitative estimate of drug-likeness (QED) is 0.524. The Hall–Kier alpha value is -3.25. The molecule has 0 saturated carbocycles. The molecule has 128 valence electrons. The zero-order chi connectivity index (χ0) is 17.6. The van der Waals surface area contributed by atoms with Crippen LogP contribution in [0.1, 0.15) is 0 Å². The number of rotatable bonds is 4. The smallest absolute Gasteiger partial charge is 0.347 e. The molecule has 2 N–H and O–H groups in total. The van der Waals surface area contributed by atoms with Crippen LogP contribution in [-0.2, 0) is 10.0 Å². The van der Waals surface area contributed by atoms with Gasteiger partial charge in [0.25, 0.3) is 15.9 Å². The number of nitrogens with one attached hydrogen (secondary N) is 2. The van der Waals surface area contributed by atoms with Crippen LogP contribution in [0.4, 0.5) is 0 Å². The van der Waals surface area contributed by atoms with E-state index in [4.69, 9.17) is 8.94 Å². The number of nitrogens with zero attached hydrogens (tertiary/aromatic N) is 4. The van der Waals surface area contributed by atoms with Crippen molar-refractivity contribution in [3.05, 3.63) is 41.1 Å². The van der Waals surface area contributed by atoms with Gasteiger partial charge >= 0.3 is 5.69 Å². The molecule has 0 radical (unpaired) electrons. The van der Waals surface area contributed by atoms with Crippen molar-refractivity contribution in [2.45, 2.75) is 5.09 Å². The Morgan fingerprint density at radius 2 is 2.12 bits per heavy atom. The fourth-order valence-corrected chi connectivity index (χ4v) is 2.82. The van der Waals surface area contributed by atoms with Gasteiger partial charge in [0.05, 0.1) is 5.56 Å². The first-order chi connectivity index (χ1) is 12.0. The molecule has 4 aromatic heterocycles. The van der Waals surface area contributed by atoms with Gasteiger partial charge in [0.2, 0.25) is 10.9 Å². The maximum Gasteiger partial charge on any atom is 0.347 e. The molecule has 4 heterocycles. The summed E-state index contributed by atoms with van der Waals surface area (Å²) in [6.45, 7) is 0. The third kappa shape index (κ3) is 2.53. The van der Waals surface area contributed by atoms with Crippen molar-refractivity contribution in [3.8, 4) is 22.8 Å².